The van der Waals surface area contributed by atoms with E-state index in [4.69, 9.17) is 16.0 Å². The van der Waals surface area contributed by atoms with E-state index in [1.807, 2.05) is 0 Å². The molecule has 2 heterocycles. The SMILES string of the molecule is O=C(Cn1ccccc1=O)NNC(=O)c1cc(=O)c2cc(Cl)ccc2o1. The standard InChI is InChI=1S/C17H12ClN3O5/c18-10-4-5-13-11(7-10)12(22)8-14(26-13)17(25)20-19-15(23)9-21-6-2-1-3-16(21)24/h1-8H,9H2,(H,19,23)(H,20,25). The lowest BCUT2D eigenvalue weighted by atomic mass is 10.2. The van der Waals surface area contributed by atoms with E-state index in [2.05, 4.69) is 10.9 Å². The van der Waals surface area contributed by atoms with Crippen LogP contribution in [0.25, 0.3) is 11.0 Å². The Morgan fingerprint density at radius 2 is 1.88 bits per heavy atom. The second kappa shape index (κ2) is 7.24. The number of benzene rings is 1. The lowest BCUT2D eigenvalue weighted by molar-refractivity contribution is -0.122. The van der Waals surface area contributed by atoms with Gasteiger partial charge in [-0.05, 0) is 24.3 Å². The summed E-state index contributed by atoms with van der Waals surface area (Å²) in [7, 11) is 0. The molecule has 0 radical (unpaired) electrons. The molecule has 0 fully saturated rings. The molecule has 3 aromatic rings. The average Bonchev–Trinajstić information content (AvgIpc) is 2.62. The van der Waals surface area contributed by atoms with Gasteiger partial charge in [-0.1, -0.05) is 17.7 Å². The first-order valence-electron chi connectivity index (χ1n) is 7.42. The van der Waals surface area contributed by atoms with E-state index in [-0.39, 0.29) is 28.8 Å². The number of fused-ring (bicyclic) bond motifs is 1. The Morgan fingerprint density at radius 1 is 1.08 bits per heavy atom. The fraction of sp³-hybridized carbons (Fsp3) is 0.0588. The third kappa shape index (κ3) is 3.81. The zero-order valence-corrected chi connectivity index (χ0v) is 13.9. The fourth-order valence-electron chi connectivity index (χ4n) is 2.21. The number of carbonyl (C=O) groups excluding carboxylic acids is 2. The zero-order valence-electron chi connectivity index (χ0n) is 13.2. The Kier molecular flexibility index (Phi) is 4.85. The molecular formula is C17H12ClN3O5. The maximum absolute atomic E-state index is 12.1. The summed E-state index contributed by atoms with van der Waals surface area (Å²) in [6.07, 6.45) is 1.44. The summed E-state index contributed by atoms with van der Waals surface area (Å²) < 4.78 is 6.52. The highest BCUT2D eigenvalue weighted by atomic mass is 35.5. The molecule has 0 bridgehead atoms. The lowest BCUT2D eigenvalue weighted by Gasteiger charge is -2.08. The quantitative estimate of drug-likeness (QED) is 0.667. The first-order chi connectivity index (χ1) is 12.4. The number of nitrogens with zero attached hydrogens (tertiary/aromatic N) is 1. The number of hydrazine groups is 1. The molecule has 2 N–H and O–H groups in total. The highest BCUT2D eigenvalue weighted by Gasteiger charge is 2.14. The van der Waals surface area contributed by atoms with Gasteiger partial charge in [0, 0.05) is 23.4 Å². The van der Waals surface area contributed by atoms with Crippen LogP contribution in [0.3, 0.4) is 0 Å². The van der Waals surface area contributed by atoms with Crippen molar-refractivity contribution in [1.29, 1.82) is 0 Å². The van der Waals surface area contributed by atoms with E-state index in [1.165, 1.54) is 35.0 Å². The summed E-state index contributed by atoms with van der Waals surface area (Å²) in [5.41, 5.74) is 3.67. The Labute approximate surface area is 151 Å². The van der Waals surface area contributed by atoms with Crippen molar-refractivity contribution in [3.05, 3.63) is 80.0 Å². The number of hydrogen-bond acceptors (Lipinski definition) is 5. The number of hydrogen-bond donors (Lipinski definition) is 2. The number of pyridine rings is 1. The van der Waals surface area contributed by atoms with Crippen LogP contribution < -0.4 is 21.8 Å². The lowest BCUT2D eigenvalue weighted by Crippen LogP contribution is -2.44. The third-order valence-electron chi connectivity index (χ3n) is 3.44. The van der Waals surface area contributed by atoms with Gasteiger partial charge in [0.05, 0.1) is 5.39 Å². The number of carbonyl (C=O) groups is 2. The maximum Gasteiger partial charge on any atom is 0.305 e. The molecule has 0 unspecified atom stereocenters. The maximum atomic E-state index is 12.1. The fourth-order valence-corrected chi connectivity index (χ4v) is 2.39. The van der Waals surface area contributed by atoms with E-state index in [1.54, 1.807) is 12.1 Å². The van der Waals surface area contributed by atoms with Gasteiger partial charge in [-0.3, -0.25) is 30.0 Å². The Hall–Kier alpha value is -3.39. The monoisotopic (exact) mass is 373 g/mol. The van der Waals surface area contributed by atoms with E-state index in [9.17, 15) is 19.2 Å². The van der Waals surface area contributed by atoms with Crippen LogP contribution in [-0.4, -0.2) is 16.4 Å². The number of nitrogens with one attached hydrogen (secondary N) is 2. The number of aromatic nitrogens is 1. The van der Waals surface area contributed by atoms with Gasteiger partial charge < -0.3 is 8.98 Å². The predicted octanol–water partition coefficient (Wildman–Crippen LogP) is 1.07. The average molecular weight is 374 g/mol. The molecule has 26 heavy (non-hydrogen) atoms. The smallest absolute Gasteiger partial charge is 0.305 e. The molecule has 0 aliphatic carbocycles. The molecule has 0 aliphatic rings. The van der Waals surface area contributed by atoms with Gasteiger partial charge in [0.25, 0.3) is 11.5 Å². The molecule has 0 aliphatic heterocycles. The first-order valence-corrected chi connectivity index (χ1v) is 7.80. The van der Waals surface area contributed by atoms with Gasteiger partial charge >= 0.3 is 5.91 Å². The summed E-state index contributed by atoms with van der Waals surface area (Å²) in [4.78, 5) is 47.5. The van der Waals surface area contributed by atoms with Crippen molar-refractivity contribution < 1.29 is 14.0 Å². The summed E-state index contributed by atoms with van der Waals surface area (Å²) in [6, 6.07) is 9.88. The van der Waals surface area contributed by atoms with Crippen LogP contribution in [0, 0.1) is 0 Å². The minimum atomic E-state index is -0.812. The largest absolute Gasteiger partial charge is 0.451 e. The Balaban J connectivity index is 1.70. The molecule has 2 amide bonds. The van der Waals surface area contributed by atoms with Crippen LogP contribution in [0.5, 0.6) is 0 Å². The van der Waals surface area contributed by atoms with Gasteiger partial charge in [0.2, 0.25) is 0 Å². The molecular weight excluding hydrogens is 362 g/mol. The number of amides is 2. The Morgan fingerprint density at radius 3 is 2.65 bits per heavy atom. The van der Waals surface area contributed by atoms with Crippen molar-refractivity contribution >= 4 is 34.4 Å². The second-order valence-electron chi connectivity index (χ2n) is 5.28. The van der Waals surface area contributed by atoms with Crippen LogP contribution >= 0.6 is 11.6 Å². The van der Waals surface area contributed by atoms with E-state index in [0.29, 0.717) is 5.02 Å². The van der Waals surface area contributed by atoms with Crippen molar-refractivity contribution in [3.8, 4) is 0 Å². The van der Waals surface area contributed by atoms with Crippen molar-refractivity contribution in [2.24, 2.45) is 0 Å². The molecule has 1 aromatic carbocycles. The Bertz CT molecular complexity index is 1120. The van der Waals surface area contributed by atoms with Crippen LogP contribution in [0.1, 0.15) is 10.6 Å². The molecule has 0 atom stereocenters. The first kappa shape index (κ1) is 17.4. The van der Waals surface area contributed by atoms with Gasteiger partial charge in [-0.2, -0.15) is 0 Å². The molecule has 3 rings (SSSR count). The molecule has 0 saturated heterocycles. The molecule has 8 nitrogen and oxygen atoms in total. The molecule has 0 spiro atoms. The van der Waals surface area contributed by atoms with Crippen LogP contribution in [-0.2, 0) is 11.3 Å². The van der Waals surface area contributed by atoms with E-state index >= 15 is 0 Å². The second-order valence-corrected chi connectivity index (χ2v) is 5.72. The molecule has 9 heteroatoms. The minimum absolute atomic E-state index is 0.189. The van der Waals surface area contributed by atoms with Crippen molar-refractivity contribution in [3.63, 3.8) is 0 Å². The zero-order chi connectivity index (χ0) is 18.7. The highest BCUT2D eigenvalue weighted by molar-refractivity contribution is 6.31. The topological polar surface area (TPSA) is 110 Å². The summed E-state index contributed by atoms with van der Waals surface area (Å²) in [5.74, 6) is -1.71. The van der Waals surface area contributed by atoms with Crippen molar-refractivity contribution in [2.45, 2.75) is 6.54 Å². The van der Waals surface area contributed by atoms with Gasteiger partial charge in [-0.25, -0.2) is 0 Å². The van der Waals surface area contributed by atoms with E-state index < -0.39 is 17.2 Å². The van der Waals surface area contributed by atoms with Crippen molar-refractivity contribution in [2.75, 3.05) is 0 Å². The number of rotatable bonds is 3. The van der Waals surface area contributed by atoms with Gasteiger partial charge in [-0.15, -0.1) is 0 Å². The molecule has 2 aromatic heterocycles. The van der Waals surface area contributed by atoms with E-state index in [0.717, 1.165) is 6.07 Å². The highest BCUT2D eigenvalue weighted by Crippen LogP contribution is 2.17. The summed E-state index contributed by atoms with van der Waals surface area (Å²) in [5, 5.41) is 0.604. The normalized spacial score (nSPS) is 10.5. The van der Waals surface area contributed by atoms with Crippen LogP contribution in [0.2, 0.25) is 5.02 Å². The van der Waals surface area contributed by atoms with Gasteiger partial charge in [0.15, 0.2) is 11.2 Å². The van der Waals surface area contributed by atoms with Crippen molar-refractivity contribution in [1.82, 2.24) is 15.4 Å². The summed E-state index contributed by atoms with van der Waals surface area (Å²) in [6.45, 7) is -0.278. The van der Waals surface area contributed by atoms with Crippen LogP contribution in [0.4, 0.5) is 0 Å². The number of halogens is 1. The predicted molar refractivity (Wildman–Crippen MR) is 93.8 cm³/mol. The van der Waals surface area contributed by atoms with Crippen LogP contribution in [0.15, 0.2) is 62.7 Å². The third-order valence-corrected chi connectivity index (χ3v) is 3.68. The molecule has 0 saturated carbocycles. The van der Waals surface area contributed by atoms with Gasteiger partial charge in [0.1, 0.15) is 12.1 Å². The molecule has 132 valence electrons. The minimum Gasteiger partial charge on any atom is -0.451 e. The summed E-state index contributed by atoms with van der Waals surface area (Å²) >= 11 is 5.82.